The maximum absolute atomic E-state index is 12.1. The molecule has 104 valence electrons. The fraction of sp³-hybridized carbons (Fsp3) is 0.562. The van der Waals surface area contributed by atoms with E-state index in [0.717, 1.165) is 5.56 Å². The molecule has 0 atom stereocenters. The van der Waals surface area contributed by atoms with E-state index in [1.807, 2.05) is 0 Å². The Bertz CT molecular complexity index is 503. The molecule has 2 N–H and O–H groups in total. The number of aryl methyl sites for hydroxylation is 1. The van der Waals surface area contributed by atoms with Crippen LogP contribution in [0.1, 0.15) is 43.6 Å². The van der Waals surface area contributed by atoms with Gasteiger partial charge in [0.15, 0.2) is 0 Å². The summed E-state index contributed by atoms with van der Waals surface area (Å²) in [5.74, 6) is 0.366. The van der Waals surface area contributed by atoms with E-state index >= 15 is 0 Å². The molecule has 1 fully saturated rings. The topological polar surface area (TPSA) is 49.3 Å². The summed E-state index contributed by atoms with van der Waals surface area (Å²) in [6.45, 7) is 11.4. The van der Waals surface area contributed by atoms with Crippen molar-refractivity contribution >= 4 is 5.91 Å². The predicted molar refractivity (Wildman–Crippen MR) is 76.2 cm³/mol. The third-order valence-electron chi connectivity index (χ3n) is 5.27. The first-order valence-electron chi connectivity index (χ1n) is 6.76. The smallest absolute Gasteiger partial charge is 0.255 e. The monoisotopic (exact) mass is 261 g/mol. The lowest BCUT2D eigenvalue weighted by Gasteiger charge is -2.09. The van der Waals surface area contributed by atoms with Gasteiger partial charge in [-0.25, -0.2) is 0 Å². The molecule has 3 nitrogen and oxygen atoms in total. The van der Waals surface area contributed by atoms with Gasteiger partial charge in [0, 0.05) is 6.54 Å². The Morgan fingerprint density at radius 1 is 1.26 bits per heavy atom. The van der Waals surface area contributed by atoms with Crippen LogP contribution in [0.4, 0.5) is 0 Å². The molecule has 2 rings (SSSR count). The number of amides is 1. The zero-order chi connectivity index (χ0) is 14.4. The molecule has 3 heteroatoms. The Kier molecular flexibility index (Phi) is 3.12. The standard InChI is InChI=1S/C16H23NO2/c1-10-7-6-8-11(13(10)18)14(19)17-9-12-15(2,3)16(12,4)5/h6-8,12,18H,9H2,1-5H3,(H,17,19). The summed E-state index contributed by atoms with van der Waals surface area (Å²) in [6.07, 6.45) is 0. The van der Waals surface area contributed by atoms with E-state index in [1.54, 1.807) is 25.1 Å². The highest BCUT2D eigenvalue weighted by Crippen LogP contribution is 2.67. The van der Waals surface area contributed by atoms with Crippen molar-refractivity contribution in [3.05, 3.63) is 29.3 Å². The fourth-order valence-electron chi connectivity index (χ4n) is 2.98. The highest BCUT2D eigenvalue weighted by Gasteiger charge is 2.64. The van der Waals surface area contributed by atoms with Gasteiger partial charge in [0.1, 0.15) is 5.75 Å². The fourth-order valence-corrected chi connectivity index (χ4v) is 2.98. The van der Waals surface area contributed by atoms with E-state index in [4.69, 9.17) is 0 Å². The number of hydrogen-bond acceptors (Lipinski definition) is 2. The first kappa shape index (κ1) is 13.9. The van der Waals surface area contributed by atoms with Crippen LogP contribution in [0.15, 0.2) is 18.2 Å². The molecule has 1 amide bonds. The van der Waals surface area contributed by atoms with Crippen LogP contribution >= 0.6 is 0 Å². The van der Waals surface area contributed by atoms with Gasteiger partial charge in [0.2, 0.25) is 0 Å². The largest absolute Gasteiger partial charge is 0.507 e. The molecule has 0 aromatic heterocycles. The Morgan fingerprint density at radius 2 is 1.84 bits per heavy atom. The van der Waals surface area contributed by atoms with Crippen LogP contribution in [0.2, 0.25) is 0 Å². The second-order valence-electron chi connectivity index (χ2n) is 6.68. The van der Waals surface area contributed by atoms with Gasteiger partial charge in [-0.15, -0.1) is 0 Å². The maximum Gasteiger partial charge on any atom is 0.255 e. The van der Waals surface area contributed by atoms with Crippen molar-refractivity contribution in [2.75, 3.05) is 6.54 Å². The summed E-state index contributed by atoms with van der Waals surface area (Å²) in [5.41, 5.74) is 1.60. The number of hydrogen-bond donors (Lipinski definition) is 2. The molecule has 1 aliphatic carbocycles. The average Bonchev–Trinajstić information content (AvgIpc) is 2.70. The van der Waals surface area contributed by atoms with Gasteiger partial charge in [-0.2, -0.15) is 0 Å². The summed E-state index contributed by atoms with van der Waals surface area (Å²) in [5, 5.41) is 12.8. The molecule has 1 aliphatic rings. The van der Waals surface area contributed by atoms with E-state index in [1.165, 1.54) is 0 Å². The summed E-state index contributed by atoms with van der Waals surface area (Å²) in [6, 6.07) is 5.23. The van der Waals surface area contributed by atoms with Gasteiger partial charge in [-0.05, 0) is 35.3 Å². The molecule has 0 bridgehead atoms. The van der Waals surface area contributed by atoms with Crippen molar-refractivity contribution in [3.8, 4) is 5.75 Å². The lowest BCUT2D eigenvalue weighted by molar-refractivity contribution is 0.0947. The number of phenols is 1. The summed E-state index contributed by atoms with van der Waals surface area (Å²) in [7, 11) is 0. The van der Waals surface area contributed by atoms with E-state index in [2.05, 4.69) is 33.0 Å². The van der Waals surface area contributed by atoms with Gasteiger partial charge in [0.05, 0.1) is 5.56 Å². The van der Waals surface area contributed by atoms with Crippen molar-refractivity contribution in [1.82, 2.24) is 5.32 Å². The number of carbonyl (C=O) groups excluding carboxylic acids is 1. The van der Waals surface area contributed by atoms with Crippen LogP contribution in [-0.4, -0.2) is 17.6 Å². The molecule has 0 spiro atoms. The molecule has 0 saturated heterocycles. The van der Waals surface area contributed by atoms with Gasteiger partial charge >= 0.3 is 0 Å². The molecule has 0 aliphatic heterocycles. The highest BCUT2D eigenvalue weighted by molar-refractivity contribution is 5.97. The molecular formula is C16H23NO2. The molecule has 0 radical (unpaired) electrons. The number of carbonyl (C=O) groups is 1. The second kappa shape index (κ2) is 4.26. The Balaban J connectivity index is 2.02. The van der Waals surface area contributed by atoms with Crippen LogP contribution in [-0.2, 0) is 0 Å². The van der Waals surface area contributed by atoms with Crippen molar-refractivity contribution in [2.45, 2.75) is 34.6 Å². The summed E-state index contributed by atoms with van der Waals surface area (Å²) >= 11 is 0. The minimum atomic E-state index is -0.195. The predicted octanol–water partition coefficient (Wildman–Crippen LogP) is 3.11. The number of aromatic hydroxyl groups is 1. The van der Waals surface area contributed by atoms with Crippen molar-refractivity contribution in [1.29, 1.82) is 0 Å². The van der Waals surface area contributed by atoms with E-state index in [9.17, 15) is 9.90 Å². The van der Waals surface area contributed by atoms with E-state index in [-0.39, 0.29) is 22.5 Å². The maximum atomic E-state index is 12.1. The van der Waals surface area contributed by atoms with Gasteiger partial charge < -0.3 is 10.4 Å². The number of benzene rings is 1. The number of rotatable bonds is 3. The first-order valence-corrected chi connectivity index (χ1v) is 6.76. The third-order valence-corrected chi connectivity index (χ3v) is 5.27. The second-order valence-corrected chi connectivity index (χ2v) is 6.68. The Morgan fingerprint density at radius 3 is 2.37 bits per heavy atom. The molecule has 0 unspecified atom stereocenters. The number of phenolic OH excluding ortho intramolecular Hbond substituents is 1. The van der Waals surface area contributed by atoms with Crippen LogP contribution in [0.25, 0.3) is 0 Å². The summed E-state index contributed by atoms with van der Waals surface area (Å²) < 4.78 is 0. The quantitative estimate of drug-likeness (QED) is 0.878. The minimum absolute atomic E-state index is 0.0781. The van der Waals surface area contributed by atoms with Gasteiger partial charge in [0.25, 0.3) is 5.91 Å². The Labute approximate surface area is 115 Å². The highest BCUT2D eigenvalue weighted by atomic mass is 16.3. The normalized spacial score (nSPS) is 20.1. The van der Waals surface area contributed by atoms with Crippen molar-refractivity contribution in [3.63, 3.8) is 0 Å². The first-order chi connectivity index (χ1) is 8.69. The molecule has 0 heterocycles. The lowest BCUT2D eigenvalue weighted by atomic mass is 10.0. The lowest BCUT2D eigenvalue weighted by Crippen LogP contribution is -2.27. The van der Waals surface area contributed by atoms with Crippen molar-refractivity contribution < 1.29 is 9.90 Å². The zero-order valence-corrected chi connectivity index (χ0v) is 12.4. The Hall–Kier alpha value is -1.51. The van der Waals surface area contributed by atoms with Crippen LogP contribution in [0.5, 0.6) is 5.75 Å². The number of para-hydroxylation sites is 1. The zero-order valence-electron chi connectivity index (χ0n) is 12.4. The SMILES string of the molecule is Cc1cccc(C(=O)NCC2C(C)(C)C2(C)C)c1O. The average molecular weight is 261 g/mol. The van der Waals surface area contributed by atoms with Crippen LogP contribution in [0, 0.1) is 23.7 Å². The molecule has 19 heavy (non-hydrogen) atoms. The van der Waals surface area contributed by atoms with E-state index in [0.29, 0.717) is 18.0 Å². The number of nitrogens with one attached hydrogen (secondary N) is 1. The van der Waals surface area contributed by atoms with Gasteiger partial charge in [-0.3, -0.25) is 4.79 Å². The van der Waals surface area contributed by atoms with E-state index < -0.39 is 0 Å². The molecular weight excluding hydrogens is 238 g/mol. The molecule has 1 saturated carbocycles. The van der Waals surface area contributed by atoms with Crippen LogP contribution < -0.4 is 5.32 Å². The third kappa shape index (κ3) is 2.11. The van der Waals surface area contributed by atoms with Gasteiger partial charge in [-0.1, -0.05) is 39.8 Å². The molecule has 1 aromatic rings. The minimum Gasteiger partial charge on any atom is -0.507 e. The van der Waals surface area contributed by atoms with Crippen LogP contribution in [0.3, 0.4) is 0 Å². The van der Waals surface area contributed by atoms with Crippen molar-refractivity contribution in [2.24, 2.45) is 16.7 Å². The molecule has 1 aromatic carbocycles. The summed E-state index contributed by atoms with van der Waals surface area (Å²) in [4.78, 5) is 12.1.